The molecule has 10 heteroatoms. The number of aromatic nitrogens is 4. The molecule has 0 radical (unpaired) electrons. The van der Waals surface area contributed by atoms with Gasteiger partial charge >= 0.3 is 0 Å². The lowest BCUT2D eigenvalue weighted by atomic mass is 9.96. The molecule has 31 heavy (non-hydrogen) atoms. The lowest BCUT2D eigenvalue weighted by Crippen LogP contribution is -2.14. The zero-order valence-corrected chi connectivity index (χ0v) is 18.3. The third-order valence-corrected chi connectivity index (χ3v) is 7.32. The summed E-state index contributed by atoms with van der Waals surface area (Å²) in [6.07, 6.45) is 4.12. The maximum absolute atomic E-state index is 12.5. The van der Waals surface area contributed by atoms with Gasteiger partial charge in [-0.1, -0.05) is 11.8 Å². The SMILES string of the molecule is COc1ccc2[nH]c3nc(SCC(=O)Nc4sc5c(c4C#N)CCCC5)nnc3c2c1. The number of anilines is 1. The van der Waals surface area contributed by atoms with Crippen LogP contribution in [-0.4, -0.2) is 38.9 Å². The highest BCUT2D eigenvalue weighted by Gasteiger charge is 2.22. The van der Waals surface area contributed by atoms with Crippen molar-refractivity contribution in [3.05, 3.63) is 34.2 Å². The molecule has 5 rings (SSSR count). The number of methoxy groups -OCH3 is 1. The van der Waals surface area contributed by atoms with Crippen molar-refractivity contribution in [1.82, 2.24) is 20.2 Å². The van der Waals surface area contributed by atoms with Gasteiger partial charge in [-0.25, -0.2) is 4.98 Å². The Kier molecular flexibility index (Phi) is 5.21. The Labute approximate surface area is 186 Å². The summed E-state index contributed by atoms with van der Waals surface area (Å²) in [5.74, 6) is 0.678. The van der Waals surface area contributed by atoms with Gasteiger partial charge in [-0.3, -0.25) is 4.79 Å². The summed E-state index contributed by atoms with van der Waals surface area (Å²) >= 11 is 2.73. The molecule has 3 aromatic heterocycles. The monoisotopic (exact) mass is 450 g/mol. The molecule has 0 unspecified atom stereocenters. The number of benzene rings is 1. The third-order valence-electron chi connectivity index (χ3n) is 5.27. The molecule has 0 saturated carbocycles. The Bertz CT molecular complexity index is 1350. The molecule has 3 heterocycles. The number of nitriles is 1. The minimum absolute atomic E-state index is 0.134. The van der Waals surface area contributed by atoms with Crippen molar-refractivity contribution < 1.29 is 9.53 Å². The molecule has 1 aliphatic carbocycles. The largest absolute Gasteiger partial charge is 0.497 e. The second-order valence-electron chi connectivity index (χ2n) is 7.19. The zero-order valence-electron chi connectivity index (χ0n) is 16.7. The summed E-state index contributed by atoms with van der Waals surface area (Å²) in [7, 11) is 1.62. The van der Waals surface area contributed by atoms with Gasteiger partial charge in [-0.15, -0.1) is 21.5 Å². The Morgan fingerprint density at radius 2 is 2.23 bits per heavy atom. The van der Waals surface area contributed by atoms with Crippen molar-refractivity contribution in [1.29, 1.82) is 5.26 Å². The van der Waals surface area contributed by atoms with Crippen molar-refractivity contribution in [3.63, 3.8) is 0 Å². The van der Waals surface area contributed by atoms with Gasteiger partial charge in [-0.2, -0.15) is 5.26 Å². The summed E-state index contributed by atoms with van der Waals surface area (Å²) in [5, 5.41) is 22.8. The first-order valence-electron chi connectivity index (χ1n) is 9.83. The molecule has 0 bridgehead atoms. The fraction of sp³-hybridized carbons (Fsp3) is 0.286. The number of ether oxygens (including phenoxy) is 1. The van der Waals surface area contributed by atoms with Gasteiger partial charge in [0.25, 0.3) is 0 Å². The van der Waals surface area contributed by atoms with Crippen LogP contribution in [0.1, 0.15) is 28.8 Å². The maximum atomic E-state index is 12.5. The number of nitrogens with zero attached hydrogens (tertiary/aromatic N) is 4. The fourth-order valence-electron chi connectivity index (χ4n) is 3.79. The number of hydrogen-bond donors (Lipinski definition) is 2. The van der Waals surface area contributed by atoms with Crippen molar-refractivity contribution in [3.8, 4) is 11.8 Å². The van der Waals surface area contributed by atoms with Crippen LogP contribution in [0.4, 0.5) is 5.00 Å². The van der Waals surface area contributed by atoms with E-state index in [1.54, 1.807) is 7.11 Å². The van der Waals surface area contributed by atoms with Crippen LogP contribution in [0.3, 0.4) is 0 Å². The topological polar surface area (TPSA) is 117 Å². The second kappa shape index (κ2) is 8.17. The van der Waals surface area contributed by atoms with E-state index in [1.807, 2.05) is 18.2 Å². The molecule has 0 spiro atoms. The van der Waals surface area contributed by atoms with E-state index in [1.165, 1.54) is 28.0 Å². The number of rotatable bonds is 5. The molecule has 1 amide bonds. The van der Waals surface area contributed by atoms with E-state index in [9.17, 15) is 10.1 Å². The molecule has 0 atom stereocenters. The molecule has 156 valence electrons. The Morgan fingerprint density at radius 1 is 1.35 bits per heavy atom. The average molecular weight is 451 g/mol. The summed E-state index contributed by atoms with van der Waals surface area (Å²) in [6, 6.07) is 7.92. The van der Waals surface area contributed by atoms with Crippen molar-refractivity contribution in [2.75, 3.05) is 18.2 Å². The third kappa shape index (κ3) is 3.71. The first-order valence-corrected chi connectivity index (χ1v) is 11.6. The van der Waals surface area contributed by atoms with Crippen LogP contribution in [0, 0.1) is 11.3 Å². The summed E-state index contributed by atoms with van der Waals surface area (Å²) in [5.41, 5.74) is 3.88. The van der Waals surface area contributed by atoms with E-state index < -0.39 is 0 Å². The molecule has 2 N–H and O–H groups in total. The van der Waals surface area contributed by atoms with E-state index >= 15 is 0 Å². The molecule has 8 nitrogen and oxygen atoms in total. The standard InChI is InChI=1S/C21H18N6O2S2/c1-29-11-6-7-15-13(8-11)18-19(23-15)25-21(27-26-18)30-10-17(28)24-20-14(9-22)12-4-2-3-5-16(12)31-20/h6-8H,2-5,10H2,1H3,(H,24,28)(H,23,25,27). The fourth-order valence-corrected chi connectivity index (χ4v) is 5.63. The predicted molar refractivity (Wildman–Crippen MR) is 121 cm³/mol. The van der Waals surface area contributed by atoms with Crippen molar-refractivity contribution >= 4 is 56.1 Å². The number of carbonyl (C=O) groups excluding carboxylic acids is 1. The van der Waals surface area contributed by atoms with Crippen LogP contribution in [-0.2, 0) is 17.6 Å². The predicted octanol–water partition coefficient (Wildman–Crippen LogP) is 4.06. The number of H-pyrrole nitrogens is 1. The molecule has 1 aliphatic rings. The highest BCUT2D eigenvalue weighted by molar-refractivity contribution is 7.99. The van der Waals surface area contributed by atoms with Gasteiger partial charge in [0.05, 0.1) is 18.4 Å². The molecule has 0 aliphatic heterocycles. The summed E-state index contributed by atoms with van der Waals surface area (Å²) in [4.78, 5) is 21.5. The van der Waals surface area contributed by atoms with E-state index in [4.69, 9.17) is 4.74 Å². The minimum atomic E-state index is -0.190. The van der Waals surface area contributed by atoms with Gasteiger partial charge < -0.3 is 15.0 Å². The van der Waals surface area contributed by atoms with Crippen LogP contribution in [0.15, 0.2) is 23.4 Å². The van der Waals surface area contributed by atoms with E-state index in [0.717, 1.165) is 47.9 Å². The number of fused-ring (bicyclic) bond motifs is 4. The summed E-state index contributed by atoms with van der Waals surface area (Å²) < 4.78 is 5.27. The number of hydrogen-bond acceptors (Lipinski definition) is 8. The van der Waals surface area contributed by atoms with Crippen LogP contribution in [0.2, 0.25) is 0 Å². The zero-order chi connectivity index (χ0) is 21.4. The number of aromatic amines is 1. The first kappa shape index (κ1) is 19.8. The second-order valence-corrected chi connectivity index (χ2v) is 9.24. The molecular weight excluding hydrogens is 432 g/mol. The van der Waals surface area contributed by atoms with Gasteiger partial charge in [0.2, 0.25) is 11.1 Å². The molecule has 1 aromatic carbocycles. The minimum Gasteiger partial charge on any atom is -0.497 e. The number of aryl methyl sites for hydroxylation is 1. The lowest BCUT2D eigenvalue weighted by Gasteiger charge is -2.09. The van der Waals surface area contributed by atoms with Gasteiger partial charge in [0.1, 0.15) is 22.3 Å². The average Bonchev–Trinajstić information content (AvgIpc) is 3.33. The Hall–Kier alpha value is -3.16. The molecule has 4 aromatic rings. The number of nitrogens with one attached hydrogen (secondary N) is 2. The number of thioether (sulfide) groups is 1. The quantitative estimate of drug-likeness (QED) is 0.440. The van der Waals surface area contributed by atoms with E-state index in [0.29, 0.717) is 26.9 Å². The smallest absolute Gasteiger partial charge is 0.235 e. The van der Waals surface area contributed by atoms with Crippen LogP contribution >= 0.6 is 23.1 Å². The van der Waals surface area contributed by atoms with Gasteiger partial charge in [-0.05, 0) is 49.4 Å². The van der Waals surface area contributed by atoms with Crippen molar-refractivity contribution in [2.45, 2.75) is 30.8 Å². The molecule has 0 fully saturated rings. The lowest BCUT2D eigenvalue weighted by molar-refractivity contribution is -0.113. The highest BCUT2D eigenvalue weighted by Crippen LogP contribution is 2.37. The van der Waals surface area contributed by atoms with Crippen LogP contribution < -0.4 is 10.1 Å². The first-order chi connectivity index (χ1) is 15.2. The Balaban J connectivity index is 1.31. The van der Waals surface area contributed by atoms with Gasteiger partial charge in [0, 0.05) is 15.8 Å². The van der Waals surface area contributed by atoms with E-state index in [-0.39, 0.29) is 11.7 Å². The Morgan fingerprint density at radius 3 is 3.06 bits per heavy atom. The molecule has 0 saturated heterocycles. The molecular formula is C21H18N6O2S2. The van der Waals surface area contributed by atoms with Crippen LogP contribution in [0.25, 0.3) is 22.1 Å². The highest BCUT2D eigenvalue weighted by atomic mass is 32.2. The van der Waals surface area contributed by atoms with E-state index in [2.05, 4.69) is 31.6 Å². The number of thiophene rings is 1. The summed E-state index contributed by atoms with van der Waals surface area (Å²) in [6.45, 7) is 0. The number of carbonyl (C=O) groups is 1. The number of amides is 1. The normalized spacial score (nSPS) is 13.2. The maximum Gasteiger partial charge on any atom is 0.235 e. The van der Waals surface area contributed by atoms with Crippen LogP contribution in [0.5, 0.6) is 5.75 Å². The van der Waals surface area contributed by atoms with Gasteiger partial charge in [0.15, 0.2) is 5.65 Å². The van der Waals surface area contributed by atoms with Crippen molar-refractivity contribution in [2.24, 2.45) is 0 Å².